The van der Waals surface area contributed by atoms with E-state index in [1.54, 1.807) is 18.2 Å². The van der Waals surface area contributed by atoms with Gasteiger partial charge in [0.2, 0.25) is 0 Å². The molecule has 0 aliphatic carbocycles. The van der Waals surface area contributed by atoms with Crippen LogP contribution in [0.1, 0.15) is 5.56 Å². The van der Waals surface area contributed by atoms with E-state index in [4.69, 9.17) is 21.6 Å². The lowest BCUT2D eigenvalue weighted by atomic mass is 10.2. The normalized spacial score (nSPS) is 11.4. The first-order valence-corrected chi connectivity index (χ1v) is 8.99. The number of benzene rings is 2. The summed E-state index contributed by atoms with van der Waals surface area (Å²) in [7, 11) is -4.02. The van der Waals surface area contributed by atoms with E-state index in [0.717, 1.165) is 9.54 Å². The van der Waals surface area contributed by atoms with Gasteiger partial charge in [-0.05, 0) is 25.1 Å². The molecular weight excluding hydrogens is 367 g/mol. The molecule has 0 saturated heterocycles. The van der Waals surface area contributed by atoms with Gasteiger partial charge < -0.3 is 4.74 Å². The molecule has 3 rings (SSSR count). The predicted octanol–water partition coefficient (Wildman–Crippen LogP) is 3.88. The molecule has 8 heteroatoms. The summed E-state index contributed by atoms with van der Waals surface area (Å²) in [5.41, 5.74) is 0.679. The summed E-state index contributed by atoms with van der Waals surface area (Å²) in [5, 5.41) is 8.57. The Bertz CT molecular complexity index is 1100. The molecule has 0 amide bonds. The van der Waals surface area contributed by atoms with Crippen molar-refractivity contribution >= 4 is 32.5 Å². The van der Waals surface area contributed by atoms with Gasteiger partial charge in [-0.15, -0.1) is 0 Å². The molecule has 3 aromatic rings. The highest BCUT2D eigenvalue weighted by Gasteiger charge is 2.24. The molecule has 0 radical (unpaired) electrons. The zero-order chi connectivity index (χ0) is 18.2. The first kappa shape index (κ1) is 17.3. The smallest absolute Gasteiger partial charge is 0.268 e. The fourth-order valence-corrected chi connectivity index (χ4v) is 3.99. The third-order valence-corrected chi connectivity index (χ3v) is 5.63. The zero-order valence-corrected chi connectivity index (χ0v) is 14.6. The van der Waals surface area contributed by atoms with E-state index in [2.05, 4.69) is 0 Å². The molecule has 0 saturated carbocycles. The average molecular weight is 379 g/mol. The Hall–Kier alpha value is -2.56. The Labute approximate surface area is 148 Å². The average Bonchev–Trinajstić information content (AvgIpc) is 3.03. The van der Waals surface area contributed by atoms with Gasteiger partial charge in [-0.2, -0.15) is 5.26 Å². The SMILES string of the molecule is Cc1ccc(S(=O)(=O)n2ccc3c(OCC#N)cc(Cl)c(F)c32)cc1. The Morgan fingerprint density at radius 1 is 1.28 bits per heavy atom. The lowest BCUT2D eigenvalue weighted by molar-refractivity contribution is 0.372. The second-order valence-corrected chi connectivity index (χ2v) is 7.53. The van der Waals surface area contributed by atoms with E-state index in [-0.39, 0.29) is 33.2 Å². The van der Waals surface area contributed by atoms with Crippen molar-refractivity contribution in [1.29, 1.82) is 5.26 Å². The van der Waals surface area contributed by atoms with Crippen molar-refractivity contribution < 1.29 is 17.5 Å². The number of nitriles is 1. The fraction of sp³-hybridized carbons (Fsp3) is 0.118. The second kappa shape index (κ2) is 6.39. The second-order valence-electron chi connectivity index (χ2n) is 5.31. The molecular formula is C17H12ClFN2O3S. The number of rotatable bonds is 4. The summed E-state index contributed by atoms with van der Waals surface area (Å²) in [4.78, 5) is 0.0227. The predicted molar refractivity (Wildman–Crippen MR) is 91.8 cm³/mol. The minimum atomic E-state index is -4.02. The third-order valence-electron chi connectivity index (χ3n) is 3.66. The van der Waals surface area contributed by atoms with E-state index in [9.17, 15) is 12.8 Å². The van der Waals surface area contributed by atoms with Crippen LogP contribution in [0.25, 0.3) is 10.9 Å². The Kier molecular flexibility index (Phi) is 4.41. The van der Waals surface area contributed by atoms with Crippen molar-refractivity contribution in [2.75, 3.05) is 6.61 Å². The van der Waals surface area contributed by atoms with E-state index in [0.29, 0.717) is 0 Å². The van der Waals surface area contributed by atoms with Gasteiger partial charge in [0.25, 0.3) is 10.0 Å². The van der Waals surface area contributed by atoms with Gasteiger partial charge in [0.05, 0.1) is 9.92 Å². The first-order valence-electron chi connectivity index (χ1n) is 7.17. The van der Waals surface area contributed by atoms with Crippen LogP contribution in [0.3, 0.4) is 0 Å². The lowest BCUT2D eigenvalue weighted by Gasteiger charge is -2.11. The van der Waals surface area contributed by atoms with E-state index in [1.807, 2.05) is 6.92 Å². The van der Waals surface area contributed by atoms with Gasteiger partial charge in [-0.25, -0.2) is 16.8 Å². The van der Waals surface area contributed by atoms with Gasteiger partial charge in [0.15, 0.2) is 12.4 Å². The Morgan fingerprint density at radius 2 is 1.96 bits per heavy atom. The van der Waals surface area contributed by atoms with Crippen molar-refractivity contribution in [2.24, 2.45) is 0 Å². The molecule has 1 heterocycles. The monoisotopic (exact) mass is 378 g/mol. The van der Waals surface area contributed by atoms with Crippen LogP contribution in [0.4, 0.5) is 4.39 Å². The maximum atomic E-state index is 14.6. The maximum absolute atomic E-state index is 14.6. The molecule has 1 aromatic heterocycles. The quantitative estimate of drug-likeness (QED) is 0.690. The van der Waals surface area contributed by atoms with Gasteiger partial charge in [-0.3, -0.25) is 0 Å². The standard InChI is InChI=1S/C17H12ClFN2O3S/c1-11-2-4-12(5-3-11)25(22,23)21-8-6-13-15(24-9-7-20)10-14(18)16(19)17(13)21/h2-6,8,10H,9H2,1H3. The number of ether oxygens (including phenoxy) is 1. The van der Waals surface area contributed by atoms with Crippen LogP contribution in [0, 0.1) is 24.1 Å². The van der Waals surface area contributed by atoms with Crippen molar-refractivity contribution in [3.8, 4) is 11.8 Å². The summed E-state index contributed by atoms with van der Waals surface area (Å²) in [6.45, 7) is 1.56. The topological polar surface area (TPSA) is 72.1 Å². The molecule has 0 spiro atoms. The van der Waals surface area contributed by atoms with Crippen LogP contribution in [0.2, 0.25) is 5.02 Å². The number of halogens is 2. The minimum Gasteiger partial charge on any atom is -0.478 e. The van der Waals surface area contributed by atoms with Crippen molar-refractivity contribution in [3.05, 3.63) is 59.0 Å². The summed E-state index contributed by atoms with van der Waals surface area (Å²) in [6, 6.07) is 10.6. The number of fused-ring (bicyclic) bond motifs is 1. The van der Waals surface area contributed by atoms with Crippen molar-refractivity contribution in [2.45, 2.75) is 11.8 Å². The molecule has 0 aliphatic heterocycles. The van der Waals surface area contributed by atoms with Crippen LogP contribution in [0.5, 0.6) is 5.75 Å². The summed E-state index contributed by atoms with van der Waals surface area (Å²) in [6.07, 6.45) is 1.23. The summed E-state index contributed by atoms with van der Waals surface area (Å²) in [5.74, 6) is -0.734. The highest BCUT2D eigenvalue weighted by molar-refractivity contribution is 7.90. The van der Waals surface area contributed by atoms with E-state index in [1.165, 1.54) is 30.5 Å². The molecule has 0 bridgehead atoms. The molecule has 2 aromatic carbocycles. The van der Waals surface area contributed by atoms with Gasteiger partial charge >= 0.3 is 0 Å². The van der Waals surface area contributed by atoms with Gasteiger partial charge in [0.1, 0.15) is 17.3 Å². The third kappa shape index (κ3) is 2.95. The van der Waals surface area contributed by atoms with Crippen LogP contribution >= 0.6 is 11.6 Å². The highest BCUT2D eigenvalue weighted by atomic mass is 35.5. The van der Waals surface area contributed by atoms with Gasteiger partial charge in [0, 0.05) is 17.6 Å². The first-order chi connectivity index (χ1) is 11.9. The molecule has 128 valence electrons. The summed E-state index contributed by atoms with van der Waals surface area (Å²) < 4.78 is 46.4. The van der Waals surface area contributed by atoms with E-state index >= 15 is 0 Å². The fourth-order valence-electron chi connectivity index (χ4n) is 2.45. The molecule has 0 atom stereocenters. The molecule has 25 heavy (non-hydrogen) atoms. The molecule has 0 aliphatic rings. The number of aryl methyl sites for hydroxylation is 1. The largest absolute Gasteiger partial charge is 0.478 e. The highest BCUT2D eigenvalue weighted by Crippen LogP contribution is 2.35. The van der Waals surface area contributed by atoms with Crippen molar-refractivity contribution in [1.82, 2.24) is 3.97 Å². The molecule has 0 fully saturated rings. The lowest BCUT2D eigenvalue weighted by Crippen LogP contribution is -2.12. The van der Waals surface area contributed by atoms with Crippen LogP contribution in [0.15, 0.2) is 47.5 Å². The summed E-state index contributed by atoms with van der Waals surface area (Å²) >= 11 is 5.87. The number of hydrogen-bond acceptors (Lipinski definition) is 4. The zero-order valence-electron chi connectivity index (χ0n) is 13.0. The van der Waals surface area contributed by atoms with Crippen LogP contribution < -0.4 is 4.74 Å². The van der Waals surface area contributed by atoms with Gasteiger partial charge in [-0.1, -0.05) is 29.3 Å². The van der Waals surface area contributed by atoms with Crippen LogP contribution in [-0.4, -0.2) is 19.0 Å². The number of aromatic nitrogens is 1. The Balaban J connectivity index is 2.26. The molecule has 5 nitrogen and oxygen atoms in total. The number of nitrogens with zero attached hydrogens (tertiary/aromatic N) is 2. The minimum absolute atomic E-state index is 0.0227. The van der Waals surface area contributed by atoms with Crippen molar-refractivity contribution in [3.63, 3.8) is 0 Å². The number of hydrogen-bond donors (Lipinski definition) is 0. The molecule has 0 unspecified atom stereocenters. The Morgan fingerprint density at radius 3 is 2.60 bits per heavy atom. The van der Waals surface area contributed by atoms with E-state index < -0.39 is 15.8 Å². The maximum Gasteiger partial charge on any atom is 0.268 e. The molecule has 0 N–H and O–H groups in total. The van der Waals surface area contributed by atoms with Crippen LogP contribution in [-0.2, 0) is 10.0 Å².